The highest BCUT2D eigenvalue weighted by molar-refractivity contribution is 5.99. The average Bonchev–Trinajstić information content (AvgIpc) is 3.29. The summed E-state index contributed by atoms with van der Waals surface area (Å²) in [5, 5.41) is 13.9. The van der Waals surface area contributed by atoms with Crippen LogP contribution in [0, 0.1) is 23.2 Å². The maximum atomic E-state index is 14.1. The molecule has 0 saturated heterocycles. The van der Waals surface area contributed by atoms with Crippen molar-refractivity contribution in [1.29, 1.82) is 5.26 Å². The number of primary amides is 1. The van der Waals surface area contributed by atoms with E-state index in [4.69, 9.17) is 19.9 Å². The molecule has 9 heteroatoms. The number of amides is 2. The van der Waals surface area contributed by atoms with Gasteiger partial charge in [-0.25, -0.2) is 0 Å². The molecule has 41 heavy (non-hydrogen) atoms. The van der Waals surface area contributed by atoms with Gasteiger partial charge in [0.1, 0.15) is 12.5 Å². The Hall–Kier alpha value is -3.71. The van der Waals surface area contributed by atoms with Crippen molar-refractivity contribution in [2.24, 2.45) is 17.6 Å². The van der Waals surface area contributed by atoms with Crippen LogP contribution in [0.15, 0.2) is 48.5 Å². The van der Waals surface area contributed by atoms with Crippen molar-refractivity contribution in [3.8, 4) is 6.07 Å². The number of hydrogen-bond acceptors (Lipinski definition) is 6. The second-order valence-corrected chi connectivity index (χ2v) is 12.1. The van der Waals surface area contributed by atoms with Crippen molar-refractivity contribution in [3.05, 3.63) is 70.9 Å². The Kier molecular flexibility index (Phi) is 7.32. The van der Waals surface area contributed by atoms with Gasteiger partial charge in [0.05, 0.1) is 36.0 Å². The number of carbonyl (C=O) groups excluding carboxylic acids is 2. The molecular formula is C32H36N4O5. The van der Waals surface area contributed by atoms with Crippen LogP contribution in [0.2, 0.25) is 0 Å². The minimum atomic E-state index is -0.486. The van der Waals surface area contributed by atoms with Crippen molar-refractivity contribution in [2.75, 3.05) is 27.1 Å². The highest BCUT2D eigenvalue weighted by Crippen LogP contribution is 2.59. The van der Waals surface area contributed by atoms with E-state index in [0.717, 1.165) is 48.6 Å². The zero-order valence-corrected chi connectivity index (χ0v) is 23.4. The number of nitrogens with one attached hydrogen (secondary N) is 1. The van der Waals surface area contributed by atoms with Gasteiger partial charge in [-0.2, -0.15) is 5.26 Å². The Balaban J connectivity index is 1.27. The first-order valence-corrected chi connectivity index (χ1v) is 14.3. The molecule has 2 atom stereocenters. The van der Waals surface area contributed by atoms with E-state index in [9.17, 15) is 14.9 Å². The second-order valence-electron chi connectivity index (χ2n) is 12.1. The van der Waals surface area contributed by atoms with Crippen LogP contribution in [-0.4, -0.2) is 54.6 Å². The van der Waals surface area contributed by atoms with E-state index in [1.54, 1.807) is 25.3 Å². The molecule has 4 fully saturated rings. The predicted octanol–water partition coefficient (Wildman–Crippen LogP) is 4.12. The van der Waals surface area contributed by atoms with Crippen LogP contribution >= 0.6 is 0 Å². The fraction of sp³-hybridized carbons (Fsp3) is 0.469. The molecule has 214 valence electrons. The number of carbonyl (C=O) groups is 2. The Morgan fingerprint density at radius 3 is 2.51 bits per heavy atom. The Morgan fingerprint density at radius 1 is 1.07 bits per heavy atom. The van der Waals surface area contributed by atoms with Crippen LogP contribution in [0.4, 0.5) is 0 Å². The monoisotopic (exact) mass is 556 g/mol. The number of nitriles is 1. The first-order valence-electron chi connectivity index (χ1n) is 14.3. The molecule has 4 aliphatic rings. The fourth-order valence-corrected chi connectivity index (χ4v) is 7.81. The molecule has 2 aromatic carbocycles. The molecule has 4 aliphatic carbocycles. The van der Waals surface area contributed by atoms with Gasteiger partial charge in [0.25, 0.3) is 5.91 Å². The first kappa shape index (κ1) is 27.5. The zero-order valence-electron chi connectivity index (χ0n) is 23.4. The lowest BCUT2D eigenvalue weighted by molar-refractivity contribution is -0.217. The summed E-state index contributed by atoms with van der Waals surface area (Å²) in [5.41, 5.74) is 8.05. The Morgan fingerprint density at radius 2 is 1.83 bits per heavy atom. The summed E-state index contributed by atoms with van der Waals surface area (Å²) in [7, 11) is 1.65. The van der Waals surface area contributed by atoms with E-state index < -0.39 is 5.91 Å². The maximum absolute atomic E-state index is 14.1. The summed E-state index contributed by atoms with van der Waals surface area (Å²) in [6.45, 7) is 1.66. The van der Waals surface area contributed by atoms with E-state index in [-0.39, 0.29) is 23.8 Å². The number of fused-ring (bicyclic) bond motifs is 1. The van der Waals surface area contributed by atoms with Crippen LogP contribution in [0.5, 0.6) is 0 Å². The molecule has 3 aromatic rings. The molecule has 4 saturated carbocycles. The normalized spacial score (nSPS) is 26.2. The molecule has 1 aromatic heterocycles. The highest BCUT2D eigenvalue weighted by Gasteiger charge is 2.59. The van der Waals surface area contributed by atoms with Gasteiger partial charge in [0.2, 0.25) is 5.91 Å². The predicted molar refractivity (Wildman–Crippen MR) is 152 cm³/mol. The molecule has 7 rings (SSSR count). The average molecular weight is 557 g/mol. The number of ether oxygens (including phenoxy) is 3. The molecule has 3 N–H and O–H groups in total. The van der Waals surface area contributed by atoms with Gasteiger partial charge in [-0.1, -0.05) is 18.2 Å². The van der Waals surface area contributed by atoms with Gasteiger partial charge in [-0.3, -0.25) is 9.59 Å². The molecule has 9 nitrogen and oxygen atoms in total. The minimum absolute atomic E-state index is 0.123. The van der Waals surface area contributed by atoms with Gasteiger partial charge in [0, 0.05) is 30.1 Å². The summed E-state index contributed by atoms with van der Waals surface area (Å²) in [5.74, 6) is 0.425. The van der Waals surface area contributed by atoms with Gasteiger partial charge in [-0.05, 0) is 86.3 Å². The van der Waals surface area contributed by atoms with Crippen molar-refractivity contribution in [2.45, 2.75) is 56.2 Å². The summed E-state index contributed by atoms with van der Waals surface area (Å²) >= 11 is 0. The summed E-state index contributed by atoms with van der Waals surface area (Å²) in [6, 6.07) is 16.7. The van der Waals surface area contributed by atoms with E-state index in [0.29, 0.717) is 48.4 Å². The molecular weight excluding hydrogens is 520 g/mol. The van der Waals surface area contributed by atoms with Gasteiger partial charge in [0.15, 0.2) is 0 Å². The number of rotatable bonds is 11. The van der Waals surface area contributed by atoms with Crippen LogP contribution in [-0.2, 0) is 20.8 Å². The number of hydrogen-bond donors (Lipinski definition) is 2. The number of benzene rings is 2. The molecule has 0 radical (unpaired) electrons. The van der Waals surface area contributed by atoms with Crippen molar-refractivity contribution in [1.82, 2.24) is 9.88 Å². The minimum Gasteiger partial charge on any atom is -0.382 e. The van der Waals surface area contributed by atoms with Crippen molar-refractivity contribution < 1.29 is 23.8 Å². The third-order valence-corrected chi connectivity index (χ3v) is 9.11. The third-order valence-electron chi connectivity index (χ3n) is 9.11. The quantitative estimate of drug-likeness (QED) is 0.270. The molecule has 2 unspecified atom stereocenters. The SMILES string of the molecule is COCCOCOC12CC3CC(CC(NC(=O)c4cc5ccc(C#N)cc5n4Cc4ccc(C(N)=O)cc4)(C3)C1)C2. The van der Waals surface area contributed by atoms with Gasteiger partial charge in [-0.15, -0.1) is 0 Å². The number of aromatic nitrogens is 1. The Bertz CT molecular complexity index is 1490. The van der Waals surface area contributed by atoms with Gasteiger partial charge >= 0.3 is 0 Å². The standard InChI is InChI=1S/C32H36N4O5/c1-39-8-9-40-20-41-32-15-23-10-24(16-32)14-31(13-23,19-32)35-30(38)28-12-26-7-4-22(17-33)11-27(26)36(28)18-21-2-5-25(6-3-21)29(34)37/h2-7,11-12,23-24H,8-10,13-16,18-20H2,1H3,(H2,34,37)(H,35,38). The lowest BCUT2D eigenvalue weighted by atomic mass is 9.51. The number of nitrogens with zero attached hydrogens (tertiary/aromatic N) is 2. The van der Waals surface area contributed by atoms with Crippen LogP contribution in [0.25, 0.3) is 10.9 Å². The lowest BCUT2D eigenvalue weighted by Crippen LogP contribution is -2.66. The Labute approximate surface area is 239 Å². The lowest BCUT2D eigenvalue weighted by Gasteiger charge is -2.61. The zero-order chi connectivity index (χ0) is 28.6. The summed E-state index contributed by atoms with van der Waals surface area (Å²) in [6.07, 6.45) is 5.89. The van der Waals surface area contributed by atoms with E-state index >= 15 is 0 Å². The first-order chi connectivity index (χ1) is 19.8. The van der Waals surface area contributed by atoms with E-state index in [2.05, 4.69) is 11.4 Å². The fourth-order valence-electron chi connectivity index (χ4n) is 7.81. The van der Waals surface area contributed by atoms with Crippen molar-refractivity contribution >= 4 is 22.7 Å². The summed E-state index contributed by atoms with van der Waals surface area (Å²) < 4.78 is 19.1. The largest absolute Gasteiger partial charge is 0.382 e. The number of nitrogens with two attached hydrogens (primary N) is 1. The second kappa shape index (κ2) is 10.9. The highest BCUT2D eigenvalue weighted by atomic mass is 16.7. The topological polar surface area (TPSA) is 129 Å². The molecule has 1 heterocycles. The van der Waals surface area contributed by atoms with Crippen LogP contribution < -0.4 is 11.1 Å². The molecule has 4 bridgehead atoms. The van der Waals surface area contributed by atoms with Crippen LogP contribution in [0.3, 0.4) is 0 Å². The molecule has 0 spiro atoms. The van der Waals surface area contributed by atoms with E-state index in [1.165, 1.54) is 6.42 Å². The van der Waals surface area contributed by atoms with Crippen molar-refractivity contribution in [3.63, 3.8) is 0 Å². The van der Waals surface area contributed by atoms with Crippen LogP contribution in [0.1, 0.15) is 70.5 Å². The third kappa shape index (κ3) is 5.47. The molecule has 0 aliphatic heterocycles. The number of methoxy groups -OCH3 is 1. The molecule has 2 amide bonds. The van der Waals surface area contributed by atoms with E-state index in [1.807, 2.05) is 34.9 Å². The smallest absolute Gasteiger partial charge is 0.268 e. The maximum Gasteiger partial charge on any atom is 0.268 e. The summed E-state index contributed by atoms with van der Waals surface area (Å²) in [4.78, 5) is 25.7. The van der Waals surface area contributed by atoms with Gasteiger partial charge < -0.3 is 29.8 Å².